The molecule has 6 nitrogen and oxygen atoms in total. The highest BCUT2D eigenvalue weighted by molar-refractivity contribution is 6.35. The molecule has 4 heterocycles. The number of pyridine rings is 1. The summed E-state index contributed by atoms with van der Waals surface area (Å²) in [5, 5.41) is 4.18. The standard InChI is InChI=1S/C19H24ClN5O/c1-12-9-24-5-6-25(10-12)13(11-24)8-23-19(26)15-7-16(20)17(21)14-3-2-4-22-18(14)15/h2-4,7,12-13H,5-6,8-11,21H2,1H3,(H,23,26)/t12-,13?/m0/s1. The first-order valence-electron chi connectivity index (χ1n) is 9.10. The van der Waals surface area contributed by atoms with E-state index < -0.39 is 0 Å². The summed E-state index contributed by atoms with van der Waals surface area (Å²) in [6, 6.07) is 5.60. The van der Waals surface area contributed by atoms with Gasteiger partial charge in [-0.3, -0.25) is 14.7 Å². The van der Waals surface area contributed by atoms with Crippen molar-refractivity contribution in [2.45, 2.75) is 13.0 Å². The number of nitrogens with one attached hydrogen (secondary N) is 1. The quantitative estimate of drug-likeness (QED) is 0.803. The number of amides is 1. The molecule has 26 heavy (non-hydrogen) atoms. The largest absolute Gasteiger partial charge is 0.397 e. The fraction of sp³-hybridized carbons (Fsp3) is 0.474. The maximum atomic E-state index is 12.8. The van der Waals surface area contributed by atoms with Gasteiger partial charge in [0.2, 0.25) is 0 Å². The zero-order valence-corrected chi connectivity index (χ0v) is 15.7. The van der Waals surface area contributed by atoms with Gasteiger partial charge < -0.3 is 16.0 Å². The molecule has 138 valence electrons. The summed E-state index contributed by atoms with van der Waals surface area (Å²) >= 11 is 6.23. The molecule has 1 aromatic heterocycles. The van der Waals surface area contributed by atoms with Crippen molar-refractivity contribution in [1.29, 1.82) is 0 Å². The van der Waals surface area contributed by atoms with E-state index in [1.807, 2.05) is 6.07 Å². The van der Waals surface area contributed by atoms with Crippen LogP contribution in [0, 0.1) is 5.92 Å². The number of nitrogen functional groups attached to an aromatic ring is 1. The number of fused-ring (bicyclic) bond motifs is 5. The Bertz CT molecular complexity index is 842. The normalized spacial score (nSPS) is 28.1. The molecule has 1 amide bonds. The molecule has 1 aromatic carbocycles. The molecule has 0 radical (unpaired) electrons. The number of piperazine rings is 1. The summed E-state index contributed by atoms with van der Waals surface area (Å²) in [5.74, 6) is 0.516. The van der Waals surface area contributed by atoms with Gasteiger partial charge in [0, 0.05) is 56.9 Å². The zero-order valence-electron chi connectivity index (χ0n) is 14.9. The molecular formula is C19H24ClN5O. The molecule has 4 atom stereocenters. The smallest absolute Gasteiger partial charge is 0.253 e. The molecule has 2 aromatic rings. The fourth-order valence-corrected chi connectivity index (χ4v) is 4.38. The van der Waals surface area contributed by atoms with Crippen LogP contribution < -0.4 is 11.1 Å². The van der Waals surface area contributed by atoms with Crippen molar-refractivity contribution in [3.8, 4) is 0 Å². The van der Waals surface area contributed by atoms with E-state index in [9.17, 15) is 4.79 Å². The predicted molar refractivity (Wildman–Crippen MR) is 104 cm³/mol. The van der Waals surface area contributed by atoms with Gasteiger partial charge in [0.15, 0.2) is 0 Å². The second-order valence-electron chi connectivity index (χ2n) is 7.44. The summed E-state index contributed by atoms with van der Waals surface area (Å²) in [6.45, 7) is 8.35. The fourth-order valence-electron chi connectivity index (χ4n) is 4.17. The Morgan fingerprint density at radius 3 is 3.08 bits per heavy atom. The van der Waals surface area contributed by atoms with E-state index in [-0.39, 0.29) is 5.91 Å². The number of aromatic nitrogens is 1. The molecule has 7 heteroatoms. The maximum absolute atomic E-state index is 12.8. The van der Waals surface area contributed by atoms with E-state index in [0.717, 1.165) is 32.7 Å². The third-order valence-corrected chi connectivity index (χ3v) is 5.74. The maximum Gasteiger partial charge on any atom is 0.253 e. The third-order valence-electron chi connectivity index (χ3n) is 5.43. The van der Waals surface area contributed by atoms with Crippen molar-refractivity contribution in [1.82, 2.24) is 20.1 Å². The first-order chi connectivity index (χ1) is 12.5. The minimum Gasteiger partial charge on any atom is -0.397 e. The summed E-state index contributed by atoms with van der Waals surface area (Å²) < 4.78 is 0. The van der Waals surface area contributed by atoms with E-state index in [1.54, 1.807) is 18.3 Å². The van der Waals surface area contributed by atoms with E-state index in [1.165, 1.54) is 0 Å². The lowest BCUT2D eigenvalue weighted by atomic mass is 10.1. The third kappa shape index (κ3) is 3.24. The van der Waals surface area contributed by atoms with Crippen LogP contribution in [-0.2, 0) is 0 Å². The second-order valence-corrected chi connectivity index (χ2v) is 7.85. The number of nitrogens with zero attached hydrogens (tertiary/aromatic N) is 3. The molecule has 3 fully saturated rings. The number of nitrogens with two attached hydrogens (primary N) is 1. The molecule has 3 unspecified atom stereocenters. The number of hydrogen-bond donors (Lipinski definition) is 2. The number of carbonyl (C=O) groups is 1. The van der Waals surface area contributed by atoms with Gasteiger partial charge in [0.05, 0.1) is 21.8 Å². The van der Waals surface area contributed by atoms with Crippen LogP contribution in [0.4, 0.5) is 5.69 Å². The Hall–Kier alpha value is -1.89. The van der Waals surface area contributed by atoms with E-state index in [0.29, 0.717) is 45.7 Å². The number of hydrogen-bond acceptors (Lipinski definition) is 5. The average Bonchev–Trinajstić information content (AvgIpc) is 2.91. The Balaban J connectivity index is 1.53. The van der Waals surface area contributed by atoms with E-state index >= 15 is 0 Å². The lowest BCUT2D eigenvalue weighted by Gasteiger charge is -2.37. The Labute approximate surface area is 158 Å². The minimum absolute atomic E-state index is 0.153. The van der Waals surface area contributed by atoms with Crippen molar-refractivity contribution in [2.24, 2.45) is 5.92 Å². The average molecular weight is 374 g/mol. The van der Waals surface area contributed by atoms with Gasteiger partial charge in [-0.15, -0.1) is 0 Å². The monoisotopic (exact) mass is 373 g/mol. The summed E-state index contributed by atoms with van der Waals surface area (Å²) in [4.78, 5) is 22.2. The topological polar surface area (TPSA) is 74.5 Å². The van der Waals surface area contributed by atoms with Crippen molar-refractivity contribution < 1.29 is 4.79 Å². The van der Waals surface area contributed by atoms with Gasteiger partial charge >= 0.3 is 0 Å². The van der Waals surface area contributed by atoms with Crippen molar-refractivity contribution in [3.63, 3.8) is 0 Å². The summed E-state index contributed by atoms with van der Waals surface area (Å²) in [7, 11) is 0. The molecule has 0 saturated carbocycles. The van der Waals surface area contributed by atoms with Crippen LogP contribution in [0.25, 0.3) is 10.9 Å². The predicted octanol–water partition coefficient (Wildman–Crippen LogP) is 1.84. The molecule has 3 aliphatic rings. The Kier molecular flexibility index (Phi) is 4.73. The molecule has 3 aliphatic heterocycles. The number of rotatable bonds is 3. The van der Waals surface area contributed by atoms with Gasteiger partial charge in [-0.1, -0.05) is 18.5 Å². The van der Waals surface area contributed by atoms with Crippen LogP contribution in [0.3, 0.4) is 0 Å². The van der Waals surface area contributed by atoms with Crippen molar-refractivity contribution in [2.75, 3.05) is 45.0 Å². The highest BCUT2D eigenvalue weighted by atomic mass is 35.5. The van der Waals surface area contributed by atoms with Gasteiger partial charge in [-0.05, 0) is 24.1 Å². The van der Waals surface area contributed by atoms with Crippen LogP contribution >= 0.6 is 11.6 Å². The molecule has 5 rings (SSSR count). The van der Waals surface area contributed by atoms with E-state index in [2.05, 4.69) is 27.0 Å². The number of benzene rings is 1. The Morgan fingerprint density at radius 1 is 1.38 bits per heavy atom. The summed E-state index contributed by atoms with van der Waals surface area (Å²) in [6.07, 6.45) is 1.66. The highest BCUT2D eigenvalue weighted by Gasteiger charge is 2.32. The molecule has 2 bridgehead atoms. The first kappa shape index (κ1) is 17.5. The van der Waals surface area contributed by atoms with Crippen LogP contribution in [0.15, 0.2) is 24.4 Å². The minimum atomic E-state index is -0.153. The number of carbonyl (C=O) groups excluding carboxylic acids is 1. The van der Waals surface area contributed by atoms with Crippen LogP contribution in [0.2, 0.25) is 5.02 Å². The molecular weight excluding hydrogens is 350 g/mol. The Morgan fingerprint density at radius 2 is 2.23 bits per heavy atom. The number of anilines is 1. The van der Waals surface area contributed by atoms with Gasteiger partial charge in [0.25, 0.3) is 5.91 Å². The van der Waals surface area contributed by atoms with Crippen molar-refractivity contribution in [3.05, 3.63) is 35.0 Å². The molecule has 3 N–H and O–H groups in total. The second kappa shape index (κ2) is 7.02. The van der Waals surface area contributed by atoms with Crippen LogP contribution in [0.5, 0.6) is 0 Å². The van der Waals surface area contributed by atoms with Crippen LogP contribution in [0.1, 0.15) is 17.3 Å². The number of halogens is 1. The van der Waals surface area contributed by atoms with Gasteiger partial charge in [0.1, 0.15) is 0 Å². The highest BCUT2D eigenvalue weighted by Crippen LogP contribution is 2.30. The zero-order chi connectivity index (χ0) is 18.3. The van der Waals surface area contributed by atoms with Gasteiger partial charge in [-0.2, -0.15) is 0 Å². The lowest BCUT2D eigenvalue weighted by Crippen LogP contribution is -2.54. The van der Waals surface area contributed by atoms with Crippen LogP contribution in [-0.4, -0.2) is 66.0 Å². The first-order valence-corrected chi connectivity index (χ1v) is 9.48. The SMILES string of the molecule is C[C@H]1CN2CCN(C1)C(CNC(=O)c1cc(Cl)c(N)c3cccnc13)C2. The van der Waals surface area contributed by atoms with Gasteiger partial charge in [-0.25, -0.2) is 0 Å². The van der Waals surface area contributed by atoms with E-state index in [4.69, 9.17) is 17.3 Å². The molecule has 0 spiro atoms. The van der Waals surface area contributed by atoms with Crippen molar-refractivity contribution >= 4 is 34.1 Å². The molecule has 0 aliphatic carbocycles. The lowest BCUT2D eigenvalue weighted by molar-refractivity contribution is 0.0879. The summed E-state index contributed by atoms with van der Waals surface area (Å²) in [5.41, 5.74) is 7.56. The molecule has 3 saturated heterocycles.